The maximum Gasteiger partial charge on any atom is 0.338 e. The highest BCUT2D eigenvalue weighted by Crippen LogP contribution is 2.41. The molecule has 0 spiro atoms. The standard InChI is InChI=1S/C24H16F3NO5S/c1-33-23-16-5-3-2-4-15(16)22(12-17(23)13-6-8-20(26)21(27)10-13)34(31,32)28-14-7-9-19(25)18(11-14)24(29)30/h2-12,28H,1H3,(H,29,30). The van der Waals surface area contributed by atoms with Crippen LogP contribution >= 0.6 is 0 Å². The predicted molar refractivity (Wildman–Crippen MR) is 120 cm³/mol. The van der Waals surface area contributed by atoms with Gasteiger partial charge in [0.25, 0.3) is 10.0 Å². The molecule has 0 heterocycles. The minimum Gasteiger partial charge on any atom is -0.495 e. The molecular formula is C24H16F3NO5S. The number of fused-ring (bicyclic) bond motifs is 1. The average Bonchev–Trinajstić information content (AvgIpc) is 2.80. The van der Waals surface area contributed by atoms with Crippen molar-refractivity contribution in [1.82, 2.24) is 0 Å². The maximum absolute atomic E-state index is 13.9. The molecule has 10 heteroatoms. The van der Waals surface area contributed by atoms with Gasteiger partial charge < -0.3 is 9.84 Å². The van der Waals surface area contributed by atoms with Gasteiger partial charge in [0.05, 0.1) is 17.6 Å². The molecule has 0 aromatic heterocycles. The second kappa shape index (κ2) is 8.71. The number of methoxy groups -OCH3 is 1. The first-order valence-corrected chi connectivity index (χ1v) is 11.2. The lowest BCUT2D eigenvalue weighted by Crippen LogP contribution is -2.15. The van der Waals surface area contributed by atoms with Gasteiger partial charge in [-0.2, -0.15) is 0 Å². The Labute approximate surface area is 192 Å². The van der Waals surface area contributed by atoms with E-state index in [-0.39, 0.29) is 32.8 Å². The third kappa shape index (κ3) is 4.15. The van der Waals surface area contributed by atoms with Crippen LogP contribution in [0.15, 0.2) is 71.6 Å². The van der Waals surface area contributed by atoms with E-state index >= 15 is 0 Å². The van der Waals surface area contributed by atoms with Crippen molar-refractivity contribution < 1.29 is 36.2 Å². The number of carboxylic acids is 1. The summed E-state index contributed by atoms with van der Waals surface area (Å²) in [5.74, 6) is -4.53. The number of hydrogen-bond donors (Lipinski definition) is 2. The first-order chi connectivity index (χ1) is 16.1. The lowest BCUT2D eigenvalue weighted by atomic mass is 9.99. The summed E-state index contributed by atoms with van der Waals surface area (Å²) < 4.78 is 75.6. The SMILES string of the molecule is COc1c(-c2ccc(F)c(F)c2)cc(S(=O)(=O)Nc2ccc(F)c(C(=O)O)c2)c2ccccc12. The first-order valence-electron chi connectivity index (χ1n) is 9.73. The molecule has 0 aliphatic carbocycles. The van der Waals surface area contributed by atoms with Crippen molar-refractivity contribution in [3.05, 3.63) is 89.7 Å². The molecule has 0 bridgehead atoms. The molecule has 6 nitrogen and oxygen atoms in total. The Morgan fingerprint density at radius 2 is 1.56 bits per heavy atom. The van der Waals surface area contributed by atoms with Crippen molar-refractivity contribution in [2.45, 2.75) is 4.90 Å². The fourth-order valence-electron chi connectivity index (χ4n) is 3.60. The summed E-state index contributed by atoms with van der Waals surface area (Å²) in [6.07, 6.45) is 0. The van der Waals surface area contributed by atoms with Gasteiger partial charge in [-0.05, 0) is 42.0 Å². The van der Waals surface area contributed by atoms with Crippen LogP contribution in [-0.4, -0.2) is 26.6 Å². The molecule has 4 aromatic carbocycles. The van der Waals surface area contributed by atoms with E-state index in [0.29, 0.717) is 5.39 Å². The number of sulfonamides is 1. The van der Waals surface area contributed by atoms with Crippen LogP contribution in [0.3, 0.4) is 0 Å². The van der Waals surface area contributed by atoms with Gasteiger partial charge in [-0.15, -0.1) is 0 Å². The fraction of sp³-hybridized carbons (Fsp3) is 0.0417. The highest BCUT2D eigenvalue weighted by Gasteiger charge is 2.24. The van der Waals surface area contributed by atoms with Crippen LogP contribution in [0, 0.1) is 17.5 Å². The van der Waals surface area contributed by atoms with Crippen molar-refractivity contribution in [1.29, 1.82) is 0 Å². The lowest BCUT2D eigenvalue weighted by Gasteiger charge is -2.17. The van der Waals surface area contributed by atoms with Crippen LogP contribution in [-0.2, 0) is 10.0 Å². The Balaban J connectivity index is 1.94. The summed E-state index contributed by atoms with van der Waals surface area (Å²) in [5, 5.41) is 9.77. The van der Waals surface area contributed by atoms with Crippen molar-refractivity contribution in [2.24, 2.45) is 0 Å². The zero-order valence-electron chi connectivity index (χ0n) is 17.5. The topological polar surface area (TPSA) is 92.7 Å². The van der Waals surface area contributed by atoms with E-state index < -0.39 is 39.0 Å². The van der Waals surface area contributed by atoms with E-state index in [1.165, 1.54) is 25.3 Å². The molecule has 0 radical (unpaired) electrons. The molecule has 4 aromatic rings. The van der Waals surface area contributed by atoms with Gasteiger partial charge in [0.15, 0.2) is 11.6 Å². The fourth-order valence-corrected chi connectivity index (χ4v) is 4.89. The minimum atomic E-state index is -4.36. The summed E-state index contributed by atoms with van der Waals surface area (Å²) in [4.78, 5) is 11.0. The second-order valence-electron chi connectivity index (χ2n) is 7.24. The Bertz CT molecular complexity index is 1550. The normalized spacial score (nSPS) is 11.4. The molecule has 0 saturated heterocycles. The Kier molecular flexibility index (Phi) is 5.92. The zero-order chi connectivity index (χ0) is 24.6. The van der Waals surface area contributed by atoms with Crippen molar-refractivity contribution in [2.75, 3.05) is 11.8 Å². The molecule has 0 amide bonds. The predicted octanol–water partition coefficient (Wildman–Crippen LogP) is 5.43. The molecular weight excluding hydrogens is 471 g/mol. The van der Waals surface area contributed by atoms with E-state index in [2.05, 4.69) is 4.72 Å². The molecule has 0 fully saturated rings. The van der Waals surface area contributed by atoms with E-state index in [1.807, 2.05) is 0 Å². The number of anilines is 1. The largest absolute Gasteiger partial charge is 0.495 e. The van der Waals surface area contributed by atoms with Gasteiger partial charge in [-0.1, -0.05) is 30.3 Å². The number of ether oxygens (including phenoxy) is 1. The number of carbonyl (C=O) groups is 1. The van der Waals surface area contributed by atoms with Gasteiger partial charge in [-0.25, -0.2) is 26.4 Å². The number of hydrogen-bond acceptors (Lipinski definition) is 4. The maximum atomic E-state index is 13.9. The number of rotatable bonds is 6. The van der Waals surface area contributed by atoms with Gasteiger partial charge in [0.2, 0.25) is 0 Å². The highest BCUT2D eigenvalue weighted by molar-refractivity contribution is 7.93. The van der Waals surface area contributed by atoms with Crippen LogP contribution in [0.4, 0.5) is 18.9 Å². The summed E-state index contributed by atoms with van der Waals surface area (Å²) in [6.45, 7) is 0. The van der Waals surface area contributed by atoms with Crippen molar-refractivity contribution >= 4 is 32.5 Å². The molecule has 0 atom stereocenters. The average molecular weight is 487 g/mol. The molecule has 2 N–H and O–H groups in total. The van der Waals surface area contributed by atoms with E-state index in [4.69, 9.17) is 9.84 Å². The number of halogens is 3. The summed E-state index contributed by atoms with van der Waals surface area (Å²) in [7, 11) is -2.99. The highest BCUT2D eigenvalue weighted by atomic mass is 32.2. The number of aromatic carboxylic acids is 1. The Morgan fingerprint density at radius 3 is 2.21 bits per heavy atom. The van der Waals surface area contributed by atoms with Crippen LogP contribution in [0.2, 0.25) is 0 Å². The van der Waals surface area contributed by atoms with E-state index in [0.717, 1.165) is 30.3 Å². The molecule has 0 saturated carbocycles. The van der Waals surface area contributed by atoms with Crippen LogP contribution < -0.4 is 9.46 Å². The first kappa shape index (κ1) is 23.1. The van der Waals surface area contributed by atoms with Crippen LogP contribution in [0.25, 0.3) is 21.9 Å². The quantitative estimate of drug-likeness (QED) is 0.378. The third-order valence-corrected chi connectivity index (χ3v) is 6.55. The van der Waals surface area contributed by atoms with Gasteiger partial charge in [-0.3, -0.25) is 4.72 Å². The molecule has 0 aliphatic heterocycles. The van der Waals surface area contributed by atoms with Gasteiger partial charge in [0, 0.05) is 22.0 Å². The molecule has 174 valence electrons. The van der Waals surface area contributed by atoms with Gasteiger partial charge >= 0.3 is 5.97 Å². The zero-order valence-corrected chi connectivity index (χ0v) is 18.3. The monoisotopic (exact) mass is 487 g/mol. The second-order valence-corrected chi connectivity index (χ2v) is 8.89. The molecule has 0 aliphatic rings. The van der Waals surface area contributed by atoms with E-state index in [1.54, 1.807) is 18.2 Å². The van der Waals surface area contributed by atoms with Crippen LogP contribution in [0.1, 0.15) is 10.4 Å². The number of carboxylic acid groups (broad SMARTS) is 1. The summed E-state index contributed by atoms with van der Waals surface area (Å²) in [5.41, 5.74) is -0.519. The molecule has 0 unspecified atom stereocenters. The number of nitrogens with one attached hydrogen (secondary N) is 1. The van der Waals surface area contributed by atoms with Crippen molar-refractivity contribution in [3.63, 3.8) is 0 Å². The number of benzene rings is 4. The van der Waals surface area contributed by atoms with Crippen molar-refractivity contribution in [3.8, 4) is 16.9 Å². The van der Waals surface area contributed by atoms with E-state index in [9.17, 15) is 26.4 Å². The molecule has 34 heavy (non-hydrogen) atoms. The minimum absolute atomic E-state index is 0.173. The third-order valence-electron chi connectivity index (χ3n) is 5.13. The molecule has 4 rings (SSSR count). The van der Waals surface area contributed by atoms with Gasteiger partial charge in [0.1, 0.15) is 11.6 Å². The lowest BCUT2D eigenvalue weighted by molar-refractivity contribution is 0.0692. The smallest absolute Gasteiger partial charge is 0.338 e. The van der Waals surface area contributed by atoms with Crippen LogP contribution in [0.5, 0.6) is 5.75 Å². The Hall–Kier alpha value is -4.05. The summed E-state index contributed by atoms with van der Waals surface area (Å²) >= 11 is 0. The summed E-state index contributed by atoms with van der Waals surface area (Å²) in [6, 6.07) is 13.6. The Morgan fingerprint density at radius 1 is 0.882 bits per heavy atom.